The molecule has 2 aromatic rings. The number of esters is 1. The largest absolute Gasteiger partial charge is 0.497 e. The van der Waals surface area contributed by atoms with E-state index in [0.717, 1.165) is 5.56 Å². The molecule has 0 saturated heterocycles. The molecule has 3 rings (SSSR count). The van der Waals surface area contributed by atoms with Crippen molar-refractivity contribution in [3.05, 3.63) is 65.2 Å². The lowest BCUT2D eigenvalue weighted by Crippen LogP contribution is -2.39. The maximum atomic E-state index is 12.0. The zero-order valence-electron chi connectivity index (χ0n) is 11.0. The third-order valence-corrected chi connectivity index (χ3v) is 3.47. The Morgan fingerprint density at radius 1 is 1.15 bits per heavy atom. The number of methoxy groups -OCH3 is 1. The molecule has 1 N–H and O–H groups in total. The van der Waals surface area contributed by atoms with Gasteiger partial charge in [0, 0.05) is 12.0 Å². The Bertz CT molecular complexity index is 648. The van der Waals surface area contributed by atoms with Gasteiger partial charge in [-0.2, -0.15) is 0 Å². The first-order chi connectivity index (χ1) is 9.62. The average molecular weight is 270 g/mol. The highest BCUT2D eigenvalue weighted by molar-refractivity contribution is 5.92. The van der Waals surface area contributed by atoms with Crippen molar-refractivity contribution in [3.8, 4) is 5.75 Å². The summed E-state index contributed by atoms with van der Waals surface area (Å²) < 4.78 is 10.3. The molecule has 1 heterocycles. The Labute approximate surface area is 116 Å². The van der Waals surface area contributed by atoms with Crippen molar-refractivity contribution in [2.75, 3.05) is 7.11 Å². The molecule has 1 atom stereocenters. The normalized spacial score (nSPS) is 21.0. The molecule has 1 aliphatic rings. The minimum absolute atomic E-state index is 0.237. The van der Waals surface area contributed by atoms with Crippen LogP contribution >= 0.6 is 0 Å². The van der Waals surface area contributed by atoms with Crippen molar-refractivity contribution >= 4 is 5.97 Å². The zero-order chi connectivity index (χ0) is 14.2. The summed E-state index contributed by atoms with van der Waals surface area (Å²) in [4.78, 5) is 12.0. The standard InChI is InChI=1S/C16H14O4/c1-19-13-8-6-12(7-9-13)16(18)10-11-4-2-3-5-14(11)15(17)20-16/h2-9,18H,10H2,1H3. The van der Waals surface area contributed by atoms with Gasteiger partial charge in [0.25, 0.3) is 0 Å². The van der Waals surface area contributed by atoms with Crippen LogP contribution in [-0.2, 0) is 16.9 Å². The smallest absolute Gasteiger partial charge is 0.341 e. The van der Waals surface area contributed by atoms with Gasteiger partial charge in [0.05, 0.1) is 12.7 Å². The summed E-state index contributed by atoms with van der Waals surface area (Å²) in [6.07, 6.45) is 0.237. The Balaban J connectivity index is 1.99. The molecule has 0 saturated carbocycles. The van der Waals surface area contributed by atoms with Gasteiger partial charge >= 0.3 is 5.97 Å². The van der Waals surface area contributed by atoms with E-state index in [1.807, 2.05) is 12.1 Å². The van der Waals surface area contributed by atoms with Gasteiger partial charge in [0.15, 0.2) is 0 Å². The number of carbonyl (C=O) groups is 1. The second-order valence-electron chi connectivity index (χ2n) is 4.74. The van der Waals surface area contributed by atoms with E-state index in [1.54, 1.807) is 43.5 Å². The molecule has 0 radical (unpaired) electrons. The van der Waals surface area contributed by atoms with E-state index in [2.05, 4.69) is 0 Å². The van der Waals surface area contributed by atoms with Crippen LogP contribution in [0.1, 0.15) is 21.5 Å². The second kappa shape index (κ2) is 4.65. The summed E-state index contributed by atoms with van der Waals surface area (Å²) in [5.74, 6) is -1.46. The van der Waals surface area contributed by atoms with Crippen LogP contribution < -0.4 is 4.74 Å². The minimum atomic E-state index is -1.63. The molecule has 0 spiro atoms. The van der Waals surface area contributed by atoms with Gasteiger partial charge in [-0.15, -0.1) is 0 Å². The van der Waals surface area contributed by atoms with Gasteiger partial charge < -0.3 is 14.6 Å². The number of hydrogen-bond donors (Lipinski definition) is 1. The number of rotatable bonds is 2. The van der Waals surface area contributed by atoms with Gasteiger partial charge in [-0.3, -0.25) is 0 Å². The van der Waals surface area contributed by atoms with Gasteiger partial charge in [-0.1, -0.05) is 18.2 Å². The molecule has 0 fully saturated rings. The van der Waals surface area contributed by atoms with Crippen LogP contribution in [0.5, 0.6) is 5.75 Å². The molecule has 1 aliphatic heterocycles. The first kappa shape index (κ1) is 12.7. The first-order valence-electron chi connectivity index (χ1n) is 6.30. The lowest BCUT2D eigenvalue weighted by Gasteiger charge is -2.33. The summed E-state index contributed by atoms with van der Waals surface area (Å²) in [7, 11) is 1.57. The highest BCUT2D eigenvalue weighted by Gasteiger charge is 2.39. The number of carbonyl (C=O) groups excluding carboxylic acids is 1. The monoisotopic (exact) mass is 270 g/mol. The number of ether oxygens (including phenoxy) is 2. The van der Waals surface area contributed by atoms with Crippen molar-refractivity contribution in [3.63, 3.8) is 0 Å². The summed E-state index contributed by atoms with van der Waals surface area (Å²) >= 11 is 0. The molecule has 0 aromatic heterocycles. The molecule has 4 nitrogen and oxygen atoms in total. The molecule has 0 aliphatic carbocycles. The summed E-state index contributed by atoms with van der Waals surface area (Å²) in [5.41, 5.74) is 1.81. The first-order valence-corrected chi connectivity index (χ1v) is 6.30. The lowest BCUT2D eigenvalue weighted by molar-refractivity contribution is -0.177. The van der Waals surface area contributed by atoms with Crippen LogP contribution in [-0.4, -0.2) is 18.2 Å². The fourth-order valence-electron chi connectivity index (χ4n) is 2.39. The van der Waals surface area contributed by atoms with Gasteiger partial charge in [0.2, 0.25) is 5.79 Å². The molecule has 0 bridgehead atoms. The Kier molecular flexibility index (Phi) is 2.95. The molecule has 102 valence electrons. The predicted molar refractivity (Wildman–Crippen MR) is 72.5 cm³/mol. The number of hydrogen-bond acceptors (Lipinski definition) is 4. The average Bonchev–Trinajstić information content (AvgIpc) is 2.47. The highest BCUT2D eigenvalue weighted by Crippen LogP contribution is 2.34. The maximum Gasteiger partial charge on any atom is 0.341 e. The summed E-state index contributed by atoms with van der Waals surface area (Å²) in [6.45, 7) is 0. The highest BCUT2D eigenvalue weighted by atomic mass is 16.7. The van der Waals surface area contributed by atoms with Crippen LogP contribution in [0.15, 0.2) is 48.5 Å². The Morgan fingerprint density at radius 3 is 2.55 bits per heavy atom. The number of fused-ring (bicyclic) bond motifs is 1. The van der Waals surface area contributed by atoms with Crippen LogP contribution in [0.2, 0.25) is 0 Å². The molecule has 0 amide bonds. The number of cyclic esters (lactones) is 1. The van der Waals surface area contributed by atoms with E-state index < -0.39 is 11.8 Å². The summed E-state index contributed by atoms with van der Waals surface area (Å²) in [6, 6.07) is 14.0. The van der Waals surface area contributed by atoms with Crippen LogP contribution in [0.3, 0.4) is 0 Å². The van der Waals surface area contributed by atoms with Gasteiger partial charge in [0.1, 0.15) is 5.75 Å². The van der Waals surface area contributed by atoms with E-state index in [4.69, 9.17) is 9.47 Å². The second-order valence-corrected chi connectivity index (χ2v) is 4.74. The third kappa shape index (κ3) is 2.04. The van der Waals surface area contributed by atoms with Crippen LogP contribution in [0.4, 0.5) is 0 Å². The molecule has 20 heavy (non-hydrogen) atoms. The fourth-order valence-corrected chi connectivity index (χ4v) is 2.39. The third-order valence-electron chi connectivity index (χ3n) is 3.47. The van der Waals surface area contributed by atoms with Crippen LogP contribution in [0.25, 0.3) is 0 Å². The zero-order valence-corrected chi connectivity index (χ0v) is 11.0. The summed E-state index contributed by atoms with van der Waals surface area (Å²) in [5, 5.41) is 10.6. The van der Waals surface area contributed by atoms with E-state index in [9.17, 15) is 9.90 Å². The maximum absolute atomic E-state index is 12.0. The topological polar surface area (TPSA) is 55.8 Å². The molecule has 1 unspecified atom stereocenters. The van der Waals surface area contributed by atoms with E-state index >= 15 is 0 Å². The van der Waals surface area contributed by atoms with Crippen molar-refractivity contribution in [1.29, 1.82) is 0 Å². The van der Waals surface area contributed by atoms with E-state index in [0.29, 0.717) is 16.9 Å². The van der Waals surface area contributed by atoms with Crippen molar-refractivity contribution in [1.82, 2.24) is 0 Å². The quantitative estimate of drug-likeness (QED) is 0.850. The Hall–Kier alpha value is -2.33. The van der Waals surface area contributed by atoms with Crippen molar-refractivity contribution < 1.29 is 19.4 Å². The number of aliphatic hydroxyl groups is 1. The Morgan fingerprint density at radius 2 is 1.85 bits per heavy atom. The van der Waals surface area contributed by atoms with Gasteiger partial charge in [-0.05, 0) is 35.9 Å². The SMILES string of the molecule is COc1ccc(C2(O)Cc3ccccc3C(=O)O2)cc1. The number of benzene rings is 2. The van der Waals surface area contributed by atoms with Gasteiger partial charge in [-0.25, -0.2) is 4.79 Å². The molecular weight excluding hydrogens is 256 g/mol. The van der Waals surface area contributed by atoms with Crippen molar-refractivity contribution in [2.45, 2.75) is 12.2 Å². The van der Waals surface area contributed by atoms with Crippen LogP contribution in [0, 0.1) is 0 Å². The predicted octanol–water partition coefficient (Wildman–Crippen LogP) is 2.25. The molecular formula is C16H14O4. The minimum Gasteiger partial charge on any atom is -0.497 e. The van der Waals surface area contributed by atoms with Crippen molar-refractivity contribution in [2.24, 2.45) is 0 Å². The van der Waals surface area contributed by atoms with E-state index in [-0.39, 0.29) is 6.42 Å². The fraction of sp³-hybridized carbons (Fsp3) is 0.188. The molecule has 2 aromatic carbocycles. The lowest BCUT2D eigenvalue weighted by atomic mass is 9.92. The van der Waals surface area contributed by atoms with E-state index in [1.165, 1.54) is 0 Å². The molecule has 4 heteroatoms.